The fourth-order valence-electron chi connectivity index (χ4n) is 2.99. The number of carbonyl (C=O) groups is 2. The second kappa shape index (κ2) is 8.29. The molecular weight excluding hydrogens is 384 g/mol. The number of hydrogen-bond acceptors (Lipinski definition) is 5. The highest BCUT2D eigenvalue weighted by molar-refractivity contribution is 7.15. The van der Waals surface area contributed by atoms with Gasteiger partial charge in [0.25, 0.3) is 0 Å². The lowest BCUT2D eigenvalue weighted by atomic mass is 10.0. The molecule has 1 fully saturated rings. The number of ether oxygens (including phenoxy) is 1. The van der Waals surface area contributed by atoms with Crippen molar-refractivity contribution in [1.82, 2.24) is 0 Å². The van der Waals surface area contributed by atoms with Crippen LogP contribution in [0.5, 0.6) is 0 Å². The van der Waals surface area contributed by atoms with Crippen molar-refractivity contribution in [3.8, 4) is 17.2 Å². The quantitative estimate of drug-likeness (QED) is 0.589. The Bertz CT molecular complexity index is 1090. The minimum atomic E-state index is -0.501. The summed E-state index contributed by atoms with van der Waals surface area (Å²) < 4.78 is 5.54. The SMILES string of the molecule is N#Cc1cccc(COC(=O)c2c(-c3ccccc3)csc2NC(=O)C2CC2)c1. The van der Waals surface area contributed by atoms with Gasteiger partial charge in [-0.25, -0.2) is 4.79 Å². The molecule has 1 saturated carbocycles. The monoisotopic (exact) mass is 402 g/mol. The number of rotatable bonds is 6. The van der Waals surface area contributed by atoms with Gasteiger partial charge in [-0.1, -0.05) is 42.5 Å². The molecule has 29 heavy (non-hydrogen) atoms. The molecule has 0 aliphatic heterocycles. The largest absolute Gasteiger partial charge is 0.457 e. The Morgan fingerprint density at radius 1 is 1.14 bits per heavy atom. The number of amides is 1. The molecule has 3 aromatic rings. The van der Waals surface area contributed by atoms with E-state index in [0.29, 0.717) is 16.1 Å². The van der Waals surface area contributed by atoms with Gasteiger partial charge in [-0.05, 0) is 36.1 Å². The Morgan fingerprint density at radius 2 is 1.93 bits per heavy atom. The molecule has 1 amide bonds. The van der Waals surface area contributed by atoms with E-state index >= 15 is 0 Å². The molecule has 0 bridgehead atoms. The highest BCUT2D eigenvalue weighted by Crippen LogP contribution is 2.38. The maximum atomic E-state index is 13.0. The zero-order valence-corrected chi connectivity index (χ0v) is 16.4. The van der Waals surface area contributed by atoms with E-state index in [1.54, 1.807) is 24.3 Å². The molecule has 5 nitrogen and oxygen atoms in total. The van der Waals surface area contributed by atoms with Crippen LogP contribution in [0.1, 0.15) is 34.3 Å². The fraction of sp³-hybridized carbons (Fsp3) is 0.174. The van der Waals surface area contributed by atoms with Gasteiger partial charge < -0.3 is 10.1 Å². The summed E-state index contributed by atoms with van der Waals surface area (Å²) in [4.78, 5) is 25.2. The molecule has 1 heterocycles. The number of nitrogens with zero attached hydrogens (tertiary/aromatic N) is 1. The first-order valence-electron chi connectivity index (χ1n) is 9.29. The van der Waals surface area contributed by atoms with Crippen LogP contribution >= 0.6 is 11.3 Å². The van der Waals surface area contributed by atoms with Gasteiger partial charge in [-0.15, -0.1) is 11.3 Å². The van der Waals surface area contributed by atoms with E-state index in [9.17, 15) is 9.59 Å². The zero-order valence-electron chi connectivity index (χ0n) is 15.6. The van der Waals surface area contributed by atoms with Gasteiger partial charge in [-0.3, -0.25) is 4.79 Å². The van der Waals surface area contributed by atoms with E-state index in [0.717, 1.165) is 29.5 Å². The van der Waals surface area contributed by atoms with Crippen molar-refractivity contribution in [1.29, 1.82) is 5.26 Å². The maximum Gasteiger partial charge on any atom is 0.342 e. The molecule has 1 aliphatic rings. The summed E-state index contributed by atoms with van der Waals surface area (Å²) in [6.07, 6.45) is 1.77. The van der Waals surface area contributed by atoms with Gasteiger partial charge in [0.05, 0.1) is 11.6 Å². The van der Waals surface area contributed by atoms with Gasteiger partial charge in [0.2, 0.25) is 5.91 Å². The van der Waals surface area contributed by atoms with Crippen molar-refractivity contribution in [2.24, 2.45) is 5.92 Å². The van der Waals surface area contributed by atoms with Crippen LogP contribution in [0.3, 0.4) is 0 Å². The smallest absolute Gasteiger partial charge is 0.342 e. The number of carbonyl (C=O) groups excluding carboxylic acids is 2. The van der Waals surface area contributed by atoms with Crippen LogP contribution in [0.25, 0.3) is 11.1 Å². The van der Waals surface area contributed by atoms with E-state index in [4.69, 9.17) is 10.00 Å². The Morgan fingerprint density at radius 3 is 2.66 bits per heavy atom. The fourth-order valence-corrected chi connectivity index (χ4v) is 3.95. The average molecular weight is 402 g/mol. The minimum absolute atomic E-state index is 0.0369. The first kappa shape index (κ1) is 18.9. The summed E-state index contributed by atoms with van der Waals surface area (Å²) in [6.45, 7) is 0.0500. The molecule has 144 valence electrons. The lowest BCUT2D eigenvalue weighted by Gasteiger charge is -2.10. The molecule has 1 aliphatic carbocycles. The van der Waals surface area contributed by atoms with E-state index < -0.39 is 5.97 Å². The van der Waals surface area contributed by atoms with Crippen LogP contribution in [-0.4, -0.2) is 11.9 Å². The van der Waals surface area contributed by atoms with Gasteiger partial charge in [-0.2, -0.15) is 5.26 Å². The van der Waals surface area contributed by atoms with Gasteiger partial charge in [0.15, 0.2) is 0 Å². The summed E-state index contributed by atoms with van der Waals surface area (Å²) in [5.41, 5.74) is 3.23. The van der Waals surface area contributed by atoms with E-state index in [1.165, 1.54) is 11.3 Å². The first-order valence-corrected chi connectivity index (χ1v) is 10.2. The maximum absolute atomic E-state index is 13.0. The molecule has 0 radical (unpaired) electrons. The molecule has 6 heteroatoms. The van der Waals surface area contributed by atoms with Crippen molar-refractivity contribution < 1.29 is 14.3 Å². The van der Waals surface area contributed by atoms with Crippen molar-refractivity contribution in [3.05, 3.63) is 76.7 Å². The van der Waals surface area contributed by atoms with Crippen LogP contribution in [0.2, 0.25) is 0 Å². The lowest BCUT2D eigenvalue weighted by molar-refractivity contribution is -0.117. The third-order valence-corrected chi connectivity index (χ3v) is 5.59. The zero-order chi connectivity index (χ0) is 20.2. The van der Waals surface area contributed by atoms with Crippen molar-refractivity contribution in [2.75, 3.05) is 5.32 Å². The standard InChI is InChI=1S/C23H18N2O3S/c24-12-15-5-4-6-16(11-15)13-28-23(27)20-19(17-7-2-1-3-8-17)14-29-22(20)25-21(26)18-9-10-18/h1-8,11,14,18H,9-10,13H2,(H,25,26). The van der Waals surface area contributed by atoms with E-state index in [1.807, 2.05) is 35.7 Å². The highest BCUT2D eigenvalue weighted by Gasteiger charge is 2.31. The van der Waals surface area contributed by atoms with Crippen molar-refractivity contribution in [3.63, 3.8) is 0 Å². The molecule has 0 spiro atoms. The first-order chi connectivity index (χ1) is 14.2. The topological polar surface area (TPSA) is 79.2 Å². The summed E-state index contributed by atoms with van der Waals surface area (Å²) in [7, 11) is 0. The van der Waals surface area contributed by atoms with E-state index in [2.05, 4.69) is 11.4 Å². The highest BCUT2D eigenvalue weighted by atomic mass is 32.1. The lowest BCUT2D eigenvalue weighted by Crippen LogP contribution is -2.16. The summed E-state index contributed by atoms with van der Waals surface area (Å²) in [6, 6.07) is 18.6. The molecule has 4 rings (SSSR count). The van der Waals surface area contributed by atoms with Gasteiger partial charge in [0, 0.05) is 16.9 Å². The summed E-state index contributed by atoms with van der Waals surface area (Å²) in [5, 5.41) is 14.3. The second-order valence-electron chi connectivity index (χ2n) is 6.87. The van der Waals surface area contributed by atoms with Gasteiger partial charge in [0.1, 0.15) is 17.2 Å². The number of nitriles is 1. The number of hydrogen-bond donors (Lipinski definition) is 1. The normalized spacial score (nSPS) is 12.8. The molecule has 0 saturated heterocycles. The molecular formula is C23H18N2O3S. The van der Waals surface area contributed by atoms with Gasteiger partial charge >= 0.3 is 5.97 Å². The van der Waals surface area contributed by atoms with Crippen LogP contribution in [0, 0.1) is 17.2 Å². The van der Waals surface area contributed by atoms with Crippen molar-refractivity contribution >= 4 is 28.2 Å². The number of esters is 1. The Balaban J connectivity index is 1.60. The number of thiophene rings is 1. The summed E-state index contributed by atoms with van der Waals surface area (Å²) >= 11 is 1.32. The molecule has 1 aromatic heterocycles. The molecule has 1 N–H and O–H groups in total. The Kier molecular flexibility index (Phi) is 5.41. The molecule has 0 unspecified atom stereocenters. The second-order valence-corrected chi connectivity index (χ2v) is 7.75. The molecule has 0 atom stereocenters. The van der Waals surface area contributed by atoms with Crippen LogP contribution in [-0.2, 0) is 16.1 Å². The van der Waals surface area contributed by atoms with Crippen molar-refractivity contribution in [2.45, 2.75) is 19.4 Å². The average Bonchev–Trinajstić information content (AvgIpc) is 3.53. The molecule has 2 aromatic carbocycles. The third-order valence-electron chi connectivity index (χ3n) is 4.69. The van der Waals surface area contributed by atoms with Crippen LogP contribution in [0.4, 0.5) is 5.00 Å². The number of nitrogens with one attached hydrogen (secondary N) is 1. The Hall–Kier alpha value is -3.43. The van der Waals surface area contributed by atoms with E-state index in [-0.39, 0.29) is 18.4 Å². The predicted molar refractivity (Wildman–Crippen MR) is 111 cm³/mol. The number of anilines is 1. The predicted octanol–water partition coefficient (Wildman–Crippen LogP) is 4.99. The van der Waals surface area contributed by atoms with Crippen LogP contribution in [0.15, 0.2) is 60.0 Å². The number of benzene rings is 2. The third kappa shape index (κ3) is 4.36. The minimum Gasteiger partial charge on any atom is -0.457 e. The summed E-state index contributed by atoms with van der Waals surface area (Å²) in [5.74, 6) is -0.518. The van der Waals surface area contributed by atoms with Crippen LogP contribution < -0.4 is 5.32 Å². The Labute approximate surface area is 172 Å².